The number of hydrogen-bond acceptors (Lipinski definition) is 0. The third kappa shape index (κ3) is 3.28. The van der Waals surface area contributed by atoms with Crippen LogP contribution in [0.15, 0.2) is 91.0 Å². The summed E-state index contributed by atoms with van der Waals surface area (Å²) in [6.07, 6.45) is 9.73. The molecule has 3 aromatic carbocycles. The molecule has 0 bridgehead atoms. The average Bonchev–Trinajstić information content (AvgIpc) is 3.08. The van der Waals surface area contributed by atoms with Crippen LogP contribution in [0.25, 0.3) is 16.3 Å². The van der Waals surface area contributed by atoms with Gasteiger partial charge < -0.3 is 0 Å². The summed E-state index contributed by atoms with van der Waals surface area (Å²) in [5.74, 6) is 0. The number of aryl methyl sites for hydroxylation is 1. The molecule has 1 aliphatic rings. The minimum Gasteiger partial charge on any atom is -0.0992 e. The normalized spacial score (nSPS) is 13.2. The molecule has 1 aliphatic carbocycles. The van der Waals surface area contributed by atoms with Gasteiger partial charge in [-0.15, -0.1) is 0 Å². The van der Waals surface area contributed by atoms with E-state index in [1.807, 2.05) is 0 Å². The lowest BCUT2D eigenvalue weighted by Gasteiger charge is -2.10. The highest BCUT2D eigenvalue weighted by Gasteiger charge is 2.10. The number of fused-ring (bicyclic) bond motifs is 2. The maximum absolute atomic E-state index is 4.32. The van der Waals surface area contributed by atoms with Gasteiger partial charge >= 0.3 is 0 Å². The van der Waals surface area contributed by atoms with Gasteiger partial charge in [0.1, 0.15) is 0 Å². The zero-order valence-corrected chi connectivity index (χ0v) is 15.3. The lowest BCUT2D eigenvalue weighted by molar-refractivity contribution is 1.09. The van der Waals surface area contributed by atoms with E-state index in [-0.39, 0.29) is 0 Å². The zero-order valence-electron chi connectivity index (χ0n) is 15.3. The van der Waals surface area contributed by atoms with Crippen LogP contribution in [-0.4, -0.2) is 0 Å². The molecule has 0 nitrogen and oxygen atoms in total. The Morgan fingerprint density at radius 1 is 0.962 bits per heavy atom. The second-order valence-corrected chi connectivity index (χ2v) is 7.14. The second-order valence-electron chi connectivity index (χ2n) is 7.14. The molecule has 0 heterocycles. The first kappa shape index (κ1) is 16.6. The van der Waals surface area contributed by atoms with E-state index >= 15 is 0 Å². The van der Waals surface area contributed by atoms with E-state index in [1.54, 1.807) is 0 Å². The van der Waals surface area contributed by atoms with E-state index < -0.39 is 0 Å². The van der Waals surface area contributed by atoms with Gasteiger partial charge in [0.2, 0.25) is 0 Å². The molecule has 128 valence electrons. The monoisotopic (exact) mass is 336 g/mol. The second kappa shape index (κ2) is 7.17. The predicted molar refractivity (Wildman–Crippen MR) is 113 cm³/mol. The van der Waals surface area contributed by atoms with Crippen molar-refractivity contribution in [3.05, 3.63) is 113 Å². The largest absolute Gasteiger partial charge is 0.0992 e. The van der Waals surface area contributed by atoms with Crippen molar-refractivity contribution in [2.75, 3.05) is 0 Å². The van der Waals surface area contributed by atoms with Gasteiger partial charge in [0.15, 0.2) is 0 Å². The molecule has 0 radical (unpaired) electrons. The van der Waals surface area contributed by atoms with Crippen LogP contribution in [0.2, 0.25) is 0 Å². The fraction of sp³-hybridized carbons (Fsp3) is 0.154. The smallest absolute Gasteiger partial charge is 0.00605 e. The molecule has 4 rings (SSSR count). The molecule has 26 heavy (non-hydrogen) atoms. The summed E-state index contributed by atoms with van der Waals surface area (Å²) in [6.45, 7) is 6.49. The van der Waals surface area contributed by atoms with E-state index in [9.17, 15) is 0 Å². The summed E-state index contributed by atoms with van der Waals surface area (Å²) in [7, 11) is 0. The first-order valence-corrected chi connectivity index (χ1v) is 9.31. The molecule has 0 fully saturated rings. The number of rotatable bonds is 5. The van der Waals surface area contributed by atoms with Crippen LogP contribution in [0.4, 0.5) is 0 Å². The highest BCUT2D eigenvalue weighted by molar-refractivity contribution is 5.88. The van der Waals surface area contributed by atoms with Gasteiger partial charge in [-0.1, -0.05) is 91.0 Å². The quantitative estimate of drug-likeness (QED) is 0.448. The summed E-state index contributed by atoms with van der Waals surface area (Å²) < 4.78 is 0. The Morgan fingerprint density at radius 3 is 2.62 bits per heavy atom. The van der Waals surface area contributed by atoms with Crippen molar-refractivity contribution < 1.29 is 0 Å². The lowest BCUT2D eigenvalue weighted by Crippen LogP contribution is -1.92. The van der Waals surface area contributed by atoms with Crippen LogP contribution >= 0.6 is 0 Å². The van der Waals surface area contributed by atoms with Gasteiger partial charge in [-0.3, -0.25) is 0 Å². The van der Waals surface area contributed by atoms with Gasteiger partial charge in [0.25, 0.3) is 0 Å². The Morgan fingerprint density at radius 2 is 1.73 bits per heavy atom. The molecule has 0 unspecified atom stereocenters. The summed E-state index contributed by atoms with van der Waals surface area (Å²) >= 11 is 0. The molecule has 0 aromatic heterocycles. The Hall–Kier alpha value is -2.86. The molecule has 0 amide bonds. The SMILES string of the molecule is C=C(C/C=C/C1=CCc2ccccc21)Cc1ccc(C)c2ccccc12. The number of allylic oxidation sites excluding steroid dienone is 5. The standard InChI is InChI=1S/C26H24/c1-19(8-7-10-22-17-16-21-9-3-4-12-25(21)22)18-23-15-14-20(2)24-11-5-6-13-26(23)24/h3-7,9-15,17H,1,8,16,18H2,2H3/b10-7+. The minimum atomic E-state index is 0.918. The Labute approximate surface area is 156 Å². The molecule has 0 heteroatoms. The molecular formula is C26H24. The summed E-state index contributed by atoms with van der Waals surface area (Å²) in [6, 6.07) is 21.8. The zero-order chi connectivity index (χ0) is 17.9. The molecule has 0 saturated carbocycles. The first-order chi connectivity index (χ1) is 12.7. The van der Waals surface area contributed by atoms with Crippen LogP contribution in [0, 0.1) is 6.92 Å². The van der Waals surface area contributed by atoms with Crippen LogP contribution in [0.1, 0.15) is 28.7 Å². The highest BCUT2D eigenvalue weighted by atomic mass is 14.1. The molecule has 0 atom stereocenters. The summed E-state index contributed by atoms with van der Waals surface area (Å²) in [4.78, 5) is 0. The van der Waals surface area contributed by atoms with Crippen LogP contribution in [-0.2, 0) is 12.8 Å². The maximum atomic E-state index is 4.32. The maximum Gasteiger partial charge on any atom is -0.00605 e. The van der Waals surface area contributed by atoms with E-state index in [0.717, 1.165) is 19.3 Å². The van der Waals surface area contributed by atoms with Crippen molar-refractivity contribution in [2.24, 2.45) is 0 Å². The highest BCUT2D eigenvalue weighted by Crippen LogP contribution is 2.29. The molecule has 0 N–H and O–H groups in total. The van der Waals surface area contributed by atoms with Crippen molar-refractivity contribution >= 4 is 16.3 Å². The Kier molecular flexibility index (Phi) is 4.58. The summed E-state index contributed by atoms with van der Waals surface area (Å²) in [5.41, 5.74) is 8.10. The van der Waals surface area contributed by atoms with Gasteiger partial charge in [-0.05, 0) is 64.8 Å². The van der Waals surface area contributed by atoms with E-state index in [4.69, 9.17) is 0 Å². The van der Waals surface area contributed by atoms with Crippen molar-refractivity contribution in [1.82, 2.24) is 0 Å². The van der Waals surface area contributed by atoms with Crippen LogP contribution in [0.3, 0.4) is 0 Å². The first-order valence-electron chi connectivity index (χ1n) is 9.31. The van der Waals surface area contributed by atoms with E-state index in [2.05, 4.69) is 92.4 Å². The fourth-order valence-corrected chi connectivity index (χ4v) is 3.83. The fourth-order valence-electron chi connectivity index (χ4n) is 3.83. The van der Waals surface area contributed by atoms with E-state index in [1.165, 1.54) is 44.2 Å². The average molecular weight is 336 g/mol. The van der Waals surface area contributed by atoms with Crippen molar-refractivity contribution in [2.45, 2.75) is 26.2 Å². The Balaban J connectivity index is 1.45. The van der Waals surface area contributed by atoms with Crippen LogP contribution < -0.4 is 0 Å². The van der Waals surface area contributed by atoms with Crippen molar-refractivity contribution in [3.8, 4) is 0 Å². The van der Waals surface area contributed by atoms with Crippen molar-refractivity contribution in [1.29, 1.82) is 0 Å². The third-order valence-electron chi connectivity index (χ3n) is 5.25. The third-order valence-corrected chi connectivity index (χ3v) is 5.25. The molecule has 0 aliphatic heterocycles. The number of benzene rings is 3. The molecule has 0 saturated heterocycles. The number of hydrogen-bond donors (Lipinski definition) is 0. The van der Waals surface area contributed by atoms with Crippen LogP contribution in [0.5, 0.6) is 0 Å². The Bertz CT molecular complexity index is 1030. The van der Waals surface area contributed by atoms with Gasteiger partial charge in [0.05, 0.1) is 0 Å². The topological polar surface area (TPSA) is 0 Å². The molecular weight excluding hydrogens is 312 g/mol. The molecule has 0 spiro atoms. The molecule has 3 aromatic rings. The lowest BCUT2D eigenvalue weighted by atomic mass is 9.95. The summed E-state index contributed by atoms with van der Waals surface area (Å²) in [5, 5.41) is 2.70. The van der Waals surface area contributed by atoms with Gasteiger partial charge in [-0.25, -0.2) is 0 Å². The van der Waals surface area contributed by atoms with E-state index in [0.29, 0.717) is 0 Å². The van der Waals surface area contributed by atoms with Gasteiger partial charge in [0, 0.05) is 0 Å². The van der Waals surface area contributed by atoms with Gasteiger partial charge in [-0.2, -0.15) is 0 Å². The minimum absolute atomic E-state index is 0.918. The van der Waals surface area contributed by atoms with Crippen molar-refractivity contribution in [3.63, 3.8) is 0 Å². The predicted octanol–water partition coefficient (Wildman–Crippen LogP) is 6.83.